The minimum absolute atomic E-state index is 0.390. The second-order valence-corrected chi connectivity index (χ2v) is 3.33. The number of carboxylic acids is 1. The molecular formula is C10H9N4O2-. The number of hydrogen-bond acceptors (Lipinski definition) is 5. The van der Waals surface area contributed by atoms with Crippen molar-refractivity contribution < 1.29 is 9.90 Å². The molecule has 6 nitrogen and oxygen atoms in total. The molecule has 0 N–H and O–H groups in total. The molecule has 6 heteroatoms. The summed E-state index contributed by atoms with van der Waals surface area (Å²) in [4.78, 5) is 11.3. The summed E-state index contributed by atoms with van der Waals surface area (Å²) >= 11 is 0. The lowest BCUT2D eigenvalue weighted by Crippen LogP contribution is -2.28. The van der Waals surface area contributed by atoms with Gasteiger partial charge in [-0.1, -0.05) is 24.3 Å². The fraction of sp³-hybridized carbons (Fsp3) is 0.200. The summed E-state index contributed by atoms with van der Waals surface area (Å²) in [5.74, 6) is -0.826. The van der Waals surface area contributed by atoms with Crippen molar-refractivity contribution in [1.82, 2.24) is 20.2 Å². The summed E-state index contributed by atoms with van der Waals surface area (Å²) in [6.07, 6.45) is 0. The third-order valence-electron chi connectivity index (χ3n) is 2.11. The molecule has 0 bridgehead atoms. The standard InChI is InChI=1S/C10H10N4O2/c1-7-4-2-3-5-8(7)10-11-13-14(12-10)6-9(15)16/h2-5H,6H2,1H3,(H,15,16)/p-1. The largest absolute Gasteiger partial charge is 0.548 e. The first kappa shape index (κ1) is 10.3. The molecule has 0 unspecified atom stereocenters. The number of aliphatic carboxylic acids is 1. The van der Waals surface area contributed by atoms with Crippen molar-refractivity contribution in [3.8, 4) is 11.4 Å². The van der Waals surface area contributed by atoms with Gasteiger partial charge in [0.05, 0.1) is 5.97 Å². The van der Waals surface area contributed by atoms with Crippen LogP contribution in [0.25, 0.3) is 11.4 Å². The molecule has 0 amide bonds. The van der Waals surface area contributed by atoms with Crippen molar-refractivity contribution in [3.05, 3.63) is 29.8 Å². The SMILES string of the molecule is Cc1ccccc1-c1nnn(CC(=O)[O-])n1. The van der Waals surface area contributed by atoms with Crippen LogP contribution in [0.5, 0.6) is 0 Å². The lowest BCUT2D eigenvalue weighted by Gasteiger charge is -1.99. The van der Waals surface area contributed by atoms with Gasteiger partial charge in [0.2, 0.25) is 5.82 Å². The molecular weight excluding hydrogens is 208 g/mol. The summed E-state index contributed by atoms with van der Waals surface area (Å²) < 4.78 is 0. The number of carbonyl (C=O) groups excluding carboxylic acids is 1. The molecule has 0 spiro atoms. The van der Waals surface area contributed by atoms with Crippen LogP contribution in [-0.4, -0.2) is 26.2 Å². The zero-order chi connectivity index (χ0) is 11.5. The van der Waals surface area contributed by atoms with Gasteiger partial charge in [-0.25, -0.2) is 0 Å². The first-order chi connectivity index (χ1) is 7.66. The topological polar surface area (TPSA) is 83.7 Å². The summed E-state index contributed by atoms with van der Waals surface area (Å²) in [7, 11) is 0. The number of tetrazole rings is 1. The highest BCUT2D eigenvalue weighted by atomic mass is 16.4. The van der Waals surface area contributed by atoms with E-state index < -0.39 is 5.97 Å². The van der Waals surface area contributed by atoms with Crippen LogP contribution in [0.1, 0.15) is 5.56 Å². The van der Waals surface area contributed by atoms with Crippen molar-refractivity contribution in [2.75, 3.05) is 0 Å². The van der Waals surface area contributed by atoms with Crippen LogP contribution in [0.3, 0.4) is 0 Å². The van der Waals surface area contributed by atoms with Crippen LogP contribution in [-0.2, 0) is 11.3 Å². The van der Waals surface area contributed by atoms with Crippen molar-refractivity contribution in [1.29, 1.82) is 0 Å². The molecule has 2 rings (SSSR count). The first-order valence-electron chi connectivity index (χ1n) is 4.70. The smallest absolute Gasteiger partial charge is 0.205 e. The molecule has 0 fully saturated rings. The highest BCUT2D eigenvalue weighted by molar-refractivity contribution is 5.64. The highest BCUT2D eigenvalue weighted by Crippen LogP contribution is 2.17. The minimum atomic E-state index is -1.24. The molecule has 16 heavy (non-hydrogen) atoms. The van der Waals surface area contributed by atoms with E-state index in [-0.39, 0.29) is 6.54 Å². The molecule has 0 aliphatic heterocycles. The number of carbonyl (C=O) groups is 1. The third kappa shape index (κ3) is 2.05. The van der Waals surface area contributed by atoms with Crippen LogP contribution >= 0.6 is 0 Å². The number of rotatable bonds is 3. The van der Waals surface area contributed by atoms with Gasteiger partial charge in [0, 0.05) is 5.56 Å². The Morgan fingerprint density at radius 3 is 2.88 bits per heavy atom. The molecule has 0 aliphatic rings. The average molecular weight is 217 g/mol. The van der Waals surface area contributed by atoms with Gasteiger partial charge in [0.25, 0.3) is 0 Å². The second-order valence-electron chi connectivity index (χ2n) is 3.33. The Bertz CT molecular complexity index is 521. The Hall–Kier alpha value is -2.24. The zero-order valence-corrected chi connectivity index (χ0v) is 8.62. The maximum absolute atomic E-state index is 10.3. The molecule has 0 radical (unpaired) electrons. The van der Waals surface area contributed by atoms with E-state index in [1.807, 2.05) is 31.2 Å². The predicted octanol–water partition coefficient (Wildman–Crippen LogP) is -0.602. The number of hydrogen-bond donors (Lipinski definition) is 0. The van der Waals surface area contributed by atoms with Crippen LogP contribution in [0.15, 0.2) is 24.3 Å². The van der Waals surface area contributed by atoms with Crippen LogP contribution in [0.4, 0.5) is 0 Å². The van der Waals surface area contributed by atoms with Gasteiger partial charge in [0.1, 0.15) is 6.54 Å². The Balaban J connectivity index is 2.32. The molecule has 1 aromatic carbocycles. The number of aryl methyl sites for hydroxylation is 1. The summed E-state index contributed by atoms with van der Waals surface area (Å²) in [5, 5.41) is 21.7. The Labute approximate surface area is 91.5 Å². The highest BCUT2D eigenvalue weighted by Gasteiger charge is 2.07. The number of nitrogens with zero attached hydrogens (tertiary/aromatic N) is 4. The Morgan fingerprint density at radius 2 is 2.19 bits per heavy atom. The Kier molecular flexibility index (Phi) is 2.63. The van der Waals surface area contributed by atoms with E-state index >= 15 is 0 Å². The van der Waals surface area contributed by atoms with Gasteiger partial charge < -0.3 is 9.90 Å². The van der Waals surface area contributed by atoms with E-state index in [1.165, 1.54) is 0 Å². The molecule has 0 saturated heterocycles. The van der Waals surface area contributed by atoms with Crippen molar-refractivity contribution in [2.45, 2.75) is 13.5 Å². The maximum Gasteiger partial charge on any atom is 0.205 e. The van der Waals surface area contributed by atoms with E-state index in [0.717, 1.165) is 15.9 Å². The van der Waals surface area contributed by atoms with E-state index in [4.69, 9.17) is 0 Å². The average Bonchev–Trinajstić information content (AvgIpc) is 2.66. The van der Waals surface area contributed by atoms with Crippen LogP contribution in [0, 0.1) is 6.92 Å². The normalized spacial score (nSPS) is 10.3. The van der Waals surface area contributed by atoms with E-state index in [9.17, 15) is 9.90 Å². The molecule has 0 saturated carbocycles. The van der Waals surface area contributed by atoms with Gasteiger partial charge in [0.15, 0.2) is 0 Å². The number of benzene rings is 1. The lowest BCUT2D eigenvalue weighted by molar-refractivity contribution is -0.307. The van der Waals surface area contributed by atoms with Gasteiger partial charge in [-0.05, 0) is 17.7 Å². The third-order valence-corrected chi connectivity index (χ3v) is 2.11. The summed E-state index contributed by atoms with van der Waals surface area (Å²) in [5.41, 5.74) is 1.85. The monoisotopic (exact) mass is 217 g/mol. The molecule has 1 aromatic heterocycles. The minimum Gasteiger partial charge on any atom is -0.548 e. The van der Waals surface area contributed by atoms with E-state index in [2.05, 4.69) is 15.4 Å². The van der Waals surface area contributed by atoms with E-state index in [1.54, 1.807) is 0 Å². The van der Waals surface area contributed by atoms with Crippen molar-refractivity contribution >= 4 is 5.97 Å². The zero-order valence-electron chi connectivity index (χ0n) is 8.62. The number of aromatic nitrogens is 4. The van der Waals surface area contributed by atoms with Crippen LogP contribution in [0.2, 0.25) is 0 Å². The van der Waals surface area contributed by atoms with E-state index in [0.29, 0.717) is 5.82 Å². The fourth-order valence-corrected chi connectivity index (χ4v) is 1.36. The number of carboxylic acid groups (broad SMARTS) is 1. The molecule has 82 valence electrons. The predicted molar refractivity (Wildman–Crippen MR) is 53.0 cm³/mol. The molecule has 0 atom stereocenters. The second kappa shape index (κ2) is 4.09. The summed E-state index contributed by atoms with van der Waals surface area (Å²) in [6, 6.07) is 7.55. The molecule has 0 aliphatic carbocycles. The van der Waals surface area contributed by atoms with Gasteiger partial charge in [-0.15, -0.1) is 10.2 Å². The lowest BCUT2D eigenvalue weighted by atomic mass is 10.1. The van der Waals surface area contributed by atoms with Gasteiger partial charge in [-0.3, -0.25) is 0 Å². The van der Waals surface area contributed by atoms with Gasteiger partial charge >= 0.3 is 0 Å². The quantitative estimate of drug-likeness (QED) is 0.685. The fourth-order valence-electron chi connectivity index (χ4n) is 1.36. The van der Waals surface area contributed by atoms with Crippen molar-refractivity contribution in [2.24, 2.45) is 0 Å². The first-order valence-corrected chi connectivity index (χ1v) is 4.70. The van der Waals surface area contributed by atoms with Gasteiger partial charge in [-0.2, -0.15) is 4.80 Å². The van der Waals surface area contributed by atoms with Crippen LogP contribution < -0.4 is 5.11 Å². The maximum atomic E-state index is 10.3. The van der Waals surface area contributed by atoms with Crippen molar-refractivity contribution in [3.63, 3.8) is 0 Å². The summed E-state index contributed by atoms with van der Waals surface area (Å²) in [6.45, 7) is 1.54. The molecule has 1 heterocycles. The Morgan fingerprint density at radius 1 is 1.44 bits per heavy atom. The molecule has 2 aromatic rings.